The Kier molecular flexibility index (Phi) is 8.77. The number of hydrogen-bond acceptors (Lipinski definition) is 6. The minimum Gasteiger partial charge on any atom is -0.322 e. The van der Waals surface area contributed by atoms with Crippen LogP contribution in [0.5, 0.6) is 0 Å². The molecule has 2 aromatic carbocycles. The Morgan fingerprint density at radius 3 is 2.34 bits per heavy atom. The van der Waals surface area contributed by atoms with Gasteiger partial charge in [-0.1, -0.05) is 12.1 Å². The largest absolute Gasteiger partial charge is 0.433 e. The maximum absolute atomic E-state index is 13.2. The molecule has 8 nitrogen and oxygen atoms in total. The van der Waals surface area contributed by atoms with Crippen LogP contribution in [0.1, 0.15) is 37.7 Å². The molecule has 4 rings (SSSR count). The molecule has 0 atom stereocenters. The van der Waals surface area contributed by atoms with Gasteiger partial charge >= 0.3 is 6.18 Å². The number of sulfone groups is 1. The van der Waals surface area contributed by atoms with Crippen molar-refractivity contribution in [3.05, 3.63) is 105 Å². The molecule has 0 aliphatic carbocycles. The van der Waals surface area contributed by atoms with Crippen LogP contribution in [0.15, 0.2) is 72.9 Å². The van der Waals surface area contributed by atoms with E-state index in [2.05, 4.69) is 43.2 Å². The van der Waals surface area contributed by atoms with Crippen molar-refractivity contribution < 1.29 is 31.2 Å². The number of hydrogen-bond donors (Lipinski definition) is 2. The van der Waals surface area contributed by atoms with Gasteiger partial charge < -0.3 is 10.6 Å². The van der Waals surface area contributed by atoms with Crippen LogP contribution in [-0.2, 0) is 21.8 Å². The lowest BCUT2D eigenvalue weighted by Gasteiger charge is -2.15. The molecule has 2 amide bonds. The molecule has 2 heterocycles. The first-order chi connectivity index (χ1) is 19.2. The molecule has 0 fully saturated rings. The number of halogens is 4. The SMILES string of the molecule is Cc1nc(C(F)(F)F)ccc1C(=O)Nc1cc(C(=O)Nc2ccc(I)c(-c3ccccn3)c2)ccc1CS(C)(=O)=O. The van der Waals surface area contributed by atoms with Gasteiger partial charge in [0.25, 0.3) is 11.8 Å². The first-order valence-corrected chi connectivity index (χ1v) is 15.0. The highest BCUT2D eigenvalue weighted by Crippen LogP contribution is 2.30. The van der Waals surface area contributed by atoms with Crippen molar-refractivity contribution in [2.24, 2.45) is 0 Å². The number of nitrogens with zero attached hydrogens (tertiary/aromatic N) is 2. The number of aryl methyl sites for hydroxylation is 1. The molecule has 0 radical (unpaired) electrons. The third-order valence-electron chi connectivity index (χ3n) is 5.82. The second kappa shape index (κ2) is 11.9. The van der Waals surface area contributed by atoms with Crippen LogP contribution < -0.4 is 10.6 Å². The number of amides is 2. The molecule has 0 bridgehead atoms. The summed E-state index contributed by atoms with van der Waals surface area (Å²) in [4.78, 5) is 34.0. The van der Waals surface area contributed by atoms with Crippen LogP contribution >= 0.6 is 22.6 Å². The molecule has 13 heteroatoms. The number of rotatable bonds is 7. The van der Waals surface area contributed by atoms with E-state index in [9.17, 15) is 31.2 Å². The number of aromatic nitrogens is 2. The van der Waals surface area contributed by atoms with Crippen LogP contribution in [0.25, 0.3) is 11.3 Å². The van der Waals surface area contributed by atoms with E-state index in [0.717, 1.165) is 27.1 Å². The Hall–Kier alpha value is -3.85. The number of pyridine rings is 2. The standard InChI is InChI=1S/C28H22F3IN4O4S/c1-16-20(9-11-25(34-16)28(29,30)31)27(38)36-24-13-17(6-7-18(24)15-41(2,39)40)26(37)35-19-8-10-22(32)21(14-19)23-5-3-4-12-33-23/h3-14H,15H2,1-2H3,(H,35,37)(H,36,38). The van der Waals surface area contributed by atoms with Crippen LogP contribution in [0.2, 0.25) is 0 Å². The van der Waals surface area contributed by atoms with Crippen molar-refractivity contribution in [1.29, 1.82) is 0 Å². The van der Waals surface area contributed by atoms with Gasteiger partial charge in [-0.3, -0.25) is 14.6 Å². The topological polar surface area (TPSA) is 118 Å². The van der Waals surface area contributed by atoms with E-state index in [1.807, 2.05) is 18.2 Å². The van der Waals surface area contributed by atoms with Crippen LogP contribution in [0, 0.1) is 10.5 Å². The Bertz CT molecular complexity index is 1750. The summed E-state index contributed by atoms with van der Waals surface area (Å²) in [5.74, 6) is -1.79. The van der Waals surface area contributed by atoms with Gasteiger partial charge in [-0.25, -0.2) is 13.4 Å². The van der Waals surface area contributed by atoms with Crippen molar-refractivity contribution in [2.45, 2.75) is 18.9 Å². The molecule has 41 heavy (non-hydrogen) atoms. The quantitative estimate of drug-likeness (QED) is 0.225. The summed E-state index contributed by atoms with van der Waals surface area (Å²) in [5.41, 5.74) is 0.871. The van der Waals surface area contributed by atoms with Gasteiger partial charge in [0.05, 0.1) is 22.7 Å². The zero-order valence-corrected chi connectivity index (χ0v) is 24.6. The van der Waals surface area contributed by atoms with Crippen LogP contribution in [0.3, 0.4) is 0 Å². The predicted molar refractivity (Wildman–Crippen MR) is 157 cm³/mol. The van der Waals surface area contributed by atoms with Crippen molar-refractivity contribution in [3.63, 3.8) is 0 Å². The molecule has 0 aliphatic rings. The van der Waals surface area contributed by atoms with Gasteiger partial charge in [0.15, 0.2) is 9.84 Å². The van der Waals surface area contributed by atoms with Crippen molar-refractivity contribution >= 4 is 55.6 Å². The minimum absolute atomic E-state index is 0.0177. The average Bonchev–Trinajstić information content (AvgIpc) is 2.89. The zero-order chi connectivity index (χ0) is 29.9. The van der Waals surface area contributed by atoms with Gasteiger partial charge in [0.2, 0.25) is 0 Å². The summed E-state index contributed by atoms with van der Waals surface area (Å²) in [5, 5.41) is 5.32. The number of carbonyl (C=O) groups is 2. The third kappa shape index (κ3) is 7.67. The van der Waals surface area contributed by atoms with Gasteiger partial charge in [-0.2, -0.15) is 13.2 Å². The molecular weight excluding hydrogens is 672 g/mol. The molecule has 4 aromatic rings. The highest BCUT2D eigenvalue weighted by Gasteiger charge is 2.33. The van der Waals surface area contributed by atoms with Crippen LogP contribution in [0.4, 0.5) is 24.5 Å². The lowest BCUT2D eigenvalue weighted by molar-refractivity contribution is -0.141. The summed E-state index contributed by atoms with van der Waals surface area (Å²) < 4.78 is 64.0. The predicted octanol–water partition coefficient (Wildman–Crippen LogP) is 6.12. The van der Waals surface area contributed by atoms with Gasteiger partial charge in [0.1, 0.15) is 5.69 Å². The number of alkyl halides is 3. The van der Waals surface area contributed by atoms with Crippen molar-refractivity contribution in [3.8, 4) is 11.3 Å². The maximum Gasteiger partial charge on any atom is 0.433 e. The maximum atomic E-state index is 13.2. The first-order valence-electron chi connectivity index (χ1n) is 11.9. The van der Waals surface area contributed by atoms with E-state index in [-0.39, 0.29) is 28.1 Å². The monoisotopic (exact) mass is 694 g/mol. The molecule has 0 saturated carbocycles. The van der Waals surface area contributed by atoms with Gasteiger partial charge in [0, 0.05) is 38.5 Å². The third-order valence-corrected chi connectivity index (χ3v) is 7.60. The average molecular weight is 694 g/mol. The molecule has 2 N–H and O–H groups in total. The second-order valence-corrected chi connectivity index (χ2v) is 12.4. The lowest BCUT2D eigenvalue weighted by Crippen LogP contribution is -2.19. The fourth-order valence-corrected chi connectivity index (χ4v) is 5.34. The molecule has 0 spiro atoms. The zero-order valence-electron chi connectivity index (χ0n) is 21.6. The molecule has 212 valence electrons. The fourth-order valence-electron chi connectivity index (χ4n) is 3.92. The van der Waals surface area contributed by atoms with E-state index in [1.54, 1.807) is 24.4 Å². The van der Waals surface area contributed by atoms with E-state index >= 15 is 0 Å². The first kappa shape index (κ1) is 30.1. The summed E-state index contributed by atoms with van der Waals surface area (Å²) in [6.45, 7) is 1.26. The highest BCUT2D eigenvalue weighted by molar-refractivity contribution is 14.1. The van der Waals surface area contributed by atoms with E-state index in [0.29, 0.717) is 11.8 Å². The number of benzene rings is 2. The summed E-state index contributed by atoms with van der Waals surface area (Å²) in [6.07, 6.45) is -2.01. The normalized spacial score (nSPS) is 11.7. The van der Waals surface area contributed by atoms with Crippen LogP contribution in [-0.4, -0.2) is 36.5 Å². The lowest BCUT2D eigenvalue weighted by atomic mass is 10.1. The Morgan fingerprint density at radius 1 is 0.951 bits per heavy atom. The summed E-state index contributed by atoms with van der Waals surface area (Å²) in [6, 6.07) is 16.6. The van der Waals surface area contributed by atoms with Gasteiger partial charge in [-0.05, 0) is 89.7 Å². The van der Waals surface area contributed by atoms with E-state index in [4.69, 9.17) is 0 Å². The van der Waals surface area contributed by atoms with E-state index in [1.165, 1.54) is 25.1 Å². The van der Waals surface area contributed by atoms with Gasteiger partial charge in [-0.15, -0.1) is 0 Å². The second-order valence-electron chi connectivity index (χ2n) is 9.09. The number of anilines is 2. The van der Waals surface area contributed by atoms with Crippen molar-refractivity contribution in [2.75, 3.05) is 16.9 Å². The summed E-state index contributed by atoms with van der Waals surface area (Å²) >= 11 is 2.17. The fraction of sp³-hybridized carbons (Fsp3) is 0.143. The smallest absolute Gasteiger partial charge is 0.322 e. The Labute approximate surface area is 247 Å². The number of nitrogens with one attached hydrogen (secondary N) is 2. The number of carbonyl (C=O) groups excluding carboxylic acids is 2. The minimum atomic E-state index is -4.68. The molecule has 0 unspecified atom stereocenters. The molecule has 2 aromatic heterocycles. The highest BCUT2D eigenvalue weighted by atomic mass is 127. The molecular formula is C28H22F3IN4O4S. The molecule has 0 aliphatic heterocycles. The van der Waals surface area contributed by atoms with Crippen molar-refractivity contribution in [1.82, 2.24) is 9.97 Å². The van der Waals surface area contributed by atoms with E-state index < -0.39 is 39.3 Å². The Morgan fingerprint density at radius 2 is 1.71 bits per heavy atom. The Balaban J connectivity index is 1.63. The molecule has 0 saturated heterocycles. The summed E-state index contributed by atoms with van der Waals surface area (Å²) in [7, 11) is -3.54.